The highest BCUT2D eigenvalue weighted by Gasteiger charge is 2.18. The van der Waals surface area contributed by atoms with Gasteiger partial charge >= 0.3 is 10.1 Å². The normalized spacial score (nSPS) is 11.4. The second kappa shape index (κ2) is 13.1. The van der Waals surface area contributed by atoms with Gasteiger partial charge in [-0.1, -0.05) is 82.9 Å². The second-order valence-corrected chi connectivity index (χ2v) is 9.41. The van der Waals surface area contributed by atoms with E-state index < -0.39 is 15.0 Å². The topological polar surface area (TPSA) is 86.5 Å². The maximum Gasteiger partial charge on any atom is 0.339 e. The summed E-state index contributed by atoms with van der Waals surface area (Å²) in [6.45, 7) is 2.24. The first-order chi connectivity index (χ1) is 14.9. The highest BCUT2D eigenvalue weighted by molar-refractivity contribution is 7.87. The van der Waals surface area contributed by atoms with Crippen LogP contribution in [0, 0.1) is 10.1 Å². The molecule has 0 bridgehead atoms. The average Bonchev–Trinajstić information content (AvgIpc) is 2.75. The lowest BCUT2D eigenvalue weighted by Gasteiger charge is -2.08. The van der Waals surface area contributed by atoms with Crippen LogP contribution in [0.25, 0.3) is 0 Å². The lowest BCUT2D eigenvalue weighted by Crippen LogP contribution is -2.10. The van der Waals surface area contributed by atoms with E-state index in [1.54, 1.807) is 12.1 Å². The molecular weight excluding hydrogens is 414 g/mol. The lowest BCUT2D eigenvalue weighted by molar-refractivity contribution is -0.384. The Balaban J connectivity index is 1.74. The molecule has 170 valence electrons. The zero-order valence-electron chi connectivity index (χ0n) is 18.3. The van der Waals surface area contributed by atoms with E-state index in [1.165, 1.54) is 88.1 Å². The van der Waals surface area contributed by atoms with E-state index in [9.17, 15) is 18.5 Å². The van der Waals surface area contributed by atoms with Crippen LogP contribution in [0.1, 0.15) is 76.7 Å². The molecule has 6 nitrogen and oxygen atoms in total. The van der Waals surface area contributed by atoms with E-state index in [1.807, 2.05) is 0 Å². The molecule has 0 amide bonds. The summed E-state index contributed by atoms with van der Waals surface area (Å²) in [5, 5.41) is 10.8. The molecule has 0 saturated carbocycles. The van der Waals surface area contributed by atoms with E-state index >= 15 is 0 Å². The van der Waals surface area contributed by atoms with Crippen molar-refractivity contribution in [3.8, 4) is 5.75 Å². The van der Waals surface area contributed by atoms with Crippen molar-refractivity contribution in [1.82, 2.24) is 0 Å². The summed E-state index contributed by atoms with van der Waals surface area (Å²) < 4.78 is 29.9. The van der Waals surface area contributed by atoms with Crippen molar-refractivity contribution in [3.05, 3.63) is 64.2 Å². The molecule has 0 radical (unpaired) electrons. The maximum atomic E-state index is 12.4. The fraction of sp³-hybridized carbons (Fsp3) is 0.500. The van der Waals surface area contributed by atoms with Crippen molar-refractivity contribution >= 4 is 15.8 Å². The fourth-order valence-corrected chi connectivity index (χ4v) is 4.39. The molecule has 0 atom stereocenters. The summed E-state index contributed by atoms with van der Waals surface area (Å²) in [4.78, 5) is 10.3. The second-order valence-electron chi connectivity index (χ2n) is 7.87. The number of rotatable bonds is 15. The van der Waals surface area contributed by atoms with Gasteiger partial charge in [-0.2, -0.15) is 8.42 Å². The quantitative estimate of drug-likeness (QED) is 0.129. The van der Waals surface area contributed by atoms with Crippen molar-refractivity contribution < 1.29 is 17.5 Å². The number of hydrogen-bond acceptors (Lipinski definition) is 5. The predicted octanol–water partition coefficient (Wildman–Crippen LogP) is 6.83. The van der Waals surface area contributed by atoms with Crippen LogP contribution in [0.5, 0.6) is 5.75 Å². The number of benzene rings is 2. The third kappa shape index (κ3) is 9.09. The van der Waals surface area contributed by atoms with Crippen LogP contribution >= 0.6 is 0 Å². The smallest absolute Gasteiger partial charge is 0.339 e. The molecule has 0 saturated heterocycles. The Morgan fingerprint density at radius 1 is 0.839 bits per heavy atom. The van der Waals surface area contributed by atoms with Crippen molar-refractivity contribution in [2.24, 2.45) is 0 Å². The van der Waals surface area contributed by atoms with Crippen LogP contribution < -0.4 is 4.18 Å². The van der Waals surface area contributed by atoms with E-state index in [0.717, 1.165) is 24.5 Å². The van der Waals surface area contributed by atoms with Crippen LogP contribution in [0.2, 0.25) is 0 Å². The van der Waals surface area contributed by atoms with Gasteiger partial charge in [0.1, 0.15) is 10.6 Å². The molecule has 0 aromatic heterocycles. The Kier molecular flexibility index (Phi) is 10.5. The monoisotopic (exact) mass is 447 g/mol. The van der Waals surface area contributed by atoms with E-state index in [2.05, 4.69) is 6.92 Å². The Bertz CT molecular complexity index is 910. The third-order valence-corrected chi connectivity index (χ3v) is 6.53. The molecule has 2 aromatic rings. The standard InChI is InChI=1S/C24H33NO5S/c1-2-3-4-5-6-7-8-9-10-11-13-21-16-18-24(19-17-21)31(28,29)30-23-15-12-14-22(20-23)25(26)27/h12,14-20H,2-11,13H2,1H3. The first kappa shape index (κ1) is 24.9. The molecule has 0 N–H and O–H groups in total. The van der Waals surface area contributed by atoms with Gasteiger partial charge in [0, 0.05) is 6.07 Å². The van der Waals surface area contributed by atoms with Crippen molar-refractivity contribution in [3.63, 3.8) is 0 Å². The maximum absolute atomic E-state index is 12.4. The van der Waals surface area contributed by atoms with Crippen LogP contribution in [-0.4, -0.2) is 13.3 Å². The summed E-state index contributed by atoms with van der Waals surface area (Å²) in [5.41, 5.74) is 0.869. The first-order valence-electron chi connectivity index (χ1n) is 11.2. The van der Waals surface area contributed by atoms with Crippen molar-refractivity contribution in [2.75, 3.05) is 0 Å². The summed E-state index contributed by atoms with van der Waals surface area (Å²) in [7, 11) is -4.04. The Hall–Kier alpha value is -2.41. The van der Waals surface area contributed by atoms with Gasteiger partial charge in [0.05, 0.1) is 11.0 Å². The predicted molar refractivity (Wildman–Crippen MR) is 123 cm³/mol. The number of nitro groups is 1. The van der Waals surface area contributed by atoms with Crippen molar-refractivity contribution in [1.29, 1.82) is 0 Å². The molecule has 0 spiro atoms. The SMILES string of the molecule is CCCCCCCCCCCCc1ccc(S(=O)(=O)Oc2cccc([N+](=O)[O-])c2)cc1. The zero-order chi connectivity index (χ0) is 22.5. The Morgan fingerprint density at radius 3 is 2.00 bits per heavy atom. The molecule has 0 heterocycles. The Morgan fingerprint density at radius 2 is 1.42 bits per heavy atom. The molecule has 0 aliphatic heterocycles. The molecule has 0 fully saturated rings. The van der Waals surface area contributed by atoms with E-state index in [0.29, 0.717) is 0 Å². The van der Waals surface area contributed by atoms with Gasteiger partial charge in [-0.25, -0.2) is 0 Å². The van der Waals surface area contributed by atoms with Gasteiger partial charge < -0.3 is 4.18 Å². The summed E-state index contributed by atoms with van der Waals surface area (Å²) in [6.07, 6.45) is 13.7. The van der Waals surface area contributed by atoms with Gasteiger partial charge in [0.15, 0.2) is 0 Å². The number of unbranched alkanes of at least 4 members (excludes halogenated alkanes) is 9. The highest BCUT2D eigenvalue weighted by atomic mass is 32.2. The molecule has 7 heteroatoms. The van der Waals surface area contributed by atoms with Gasteiger partial charge in [0.2, 0.25) is 0 Å². The van der Waals surface area contributed by atoms with Crippen LogP contribution in [-0.2, 0) is 16.5 Å². The minimum atomic E-state index is -4.04. The molecular formula is C24H33NO5S. The third-order valence-electron chi connectivity index (χ3n) is 5.27. The number of non-ortho nitro benzene ring substituents is 1. The molecule has 2 aromatic carbocycles. The van der Waals surface area contributed by atoms with E-state index in [4.69, 9.17) is 4.18 Å². The summed E-state index contributed by atoms with van der Waals surface area (Å²) in [5.74, 6) is -0.0800. The van der Waals surface area contributed by atoms with Gasteiger partial charge in [-0.05, 0) is 36.6 Å². The van der Waals surface area contributed by atoms with Crippen LogP contribution in [0.3, 0.4) is 0 Å². The van der Waals surface area contributed by atoms with Crippen molar-refractivity contribution in [2.45, 2.75) is 82.4 Å². The first-order valence-corrected chi connectivity index (χ1v) is 12.6. The van der Waals surface area contributed by atoms with E-state index in [-0.39, 0.29) is 16.3 Å². The van der Waals surface area contributed by atoms with Gasteiger partial charge in [-0.3, -0.25) is 10.1 Å². The number of aryl methyl sites for hydroxylation is 1. The minimum Gasteiger partial charge on any atom is -0.379 e. The highest BCUT2D eigenvalue weighted by Crippen LogP contribution is 2.23. The molecule has 31 heavy (non-hydrogen) atoms. The number of nitrogens with zero attached hydrogens (tertiary/aromatic N) is 1. The largest absolute Gasteiger partial charge is 0.379 e. The molecule has 0 aliphatic carbocycles. The Labute approximate surface area is 185 Å². The molecule has 2 rings (SSSR count). The molecule has 0 aliphatic rings. The average molecular weight is 448 g/mol. The van der Waals surface area contributed by atoms with Crippen LogP contribution in [0.15, 0.2) is 53.4 Å². The minimum absolute atomic E-state index is 0.0332. The van der Waals surface area contributed by atoms with Gasteiger partial charge in [0.25, 0.3) is 5.69 Å². The van der Waals surface area contributed by atoms with Gasteiger partial charge in [-0.15, -0.1) is 0 Å². The summed E-state index contributed by atoms with van der Waals surface area (Å²) >= 11 is 0. The lowest BCUT2D eigenvalue weighted by atomic mass is 10.0. The fourth-order valence-electron chi connectivity index (χ4n) is 3.46. The number of nitro benzene ring substituents is 1. The summed E-state index contributed by atoms with van der Waals surface area (Å²) in [6, 6.07) is 11.8. The molecule has 0 unspecified atom stereocenters. The zero-order valence-corrected chi connectivity index (χ0v) is 19.1. The van der Waals surface area contributed by atoms with Crippen LogP contribution in [0.4, 0.5) is 5.69 Å². The number of hydrogen-bond donors (Lipinski definition) is 0.